The number of nitrogens with one attached hydrogen (secondary N) is 2. The molecule has 4 N–H and O–H groups in total. The molecule has 4 rings (SSSR count). The predicted octanol–water partition coefficient (Wildman–Crippen LogP) is 6.75. The average Bonchev–Trinajstić information content (AvgIpc) is 3.54. The van der Waals surface area contributed by atoms with Gasteiger partial charge < -0.3 is 21.2 Å². The Balaban J connectivity index is 1.59. The summed E-state index contributed by atoms with van der Waals surface area (Å²) < 4.78 is 33.9. The van der Waals surface area contributed by atoms with Crippen LogP contribution in [0.4, 0.5) is 14.5 Å². The molecule has 0 amide bonds. The van der Waals surface area contributed by atoms with Crippen LogP contribution in [0, 0.1) is 22.5 Å². The number of fused-ring (bicyclic) bond motifs is 1. The van der Waals surface area contributed by atoms with Gasteiger partial charge >= 0.3 is 0 Å². The van der Waals surface area contributed by atoms with Gasteiger partial charge in [0.05, 0.1) is 6.61 Å². The Morgan fingerprint density at radius 1 is 1.18 bits per heavy atom. The predicted molar refractivity (Wildman–Crippen MR) is 129 cm³/mol. The van der Waals surface area contributed by atoms with Crippen molar-refractivity contribution in [2.75, 3.05) is 11.9 Å². The monoisotopic (exact) mass is 451 g/mol. The van der Waals surface area contributed by atoms with Crippen LogP contribution in [-0.4, -0.2) is 12.3 Å². The van der Waals surface area contributed by atoms with Crippen molar-refractivity contribution in [3.05, 3.63) is 76.6 Å². The number of halogens is 2. The fourth-order valence-corrected chi connectivity index (χ4v) is 4.89. The molecule has 2 aromatic carbocycles. The first-order chi connectivity index (χ1) is 15.8. The Morgan fingerprint density at radius 2 is 1.88 bits per heavy atom. The molecule has 1 unspecified atom stereocenters. The first-order valence-electron chi connectivity index (χ1n) is 11.4. The Kier molecular flexibility index (Phi) is 6.28. The van der Waals surface area contributed by atoms with Crippen molar-refractivity contribution >= 4 is 17.0 Å². The van der Waals surface area contributed by atoms with Gasteiger partial charge in [-0.1, -0.05) is 31.2 Å². The van der Waals surface area contributed by atoms with Crippen molar-refractivity contribution in [2.24, 2.45) is 11.1 Å². The van der Waals surface area contributed by atoms with Gasteiger partial charge in [-0.3, -0.25) is 0 Å². The lowest BCUT2D eigenvalue weighted by Gasteiger charge is -2.35. The molecule has 1 fully saturated rings. The summed E-state index contributed by atoms with van der Waals surface area (Å²) in [6, 6.07) is 10.8. The van der Waals surface area contributed by atoms with Gasteiger partial charge in [0.2, 0.25) is 5.82 Å². The SMILES string of the molecule is CC/C=C(\CC1c2ccc(F)c(F)c2OCC12CC2)Nc1ccc(/C(C(C)=N)=C(\C)N)cc1. The molecule has 0 radical (unpaired) electrons. The molecule has 33 heavy (non-hydrogen) atoms. The lowest BCUT2D eigenvalue weighted by Crippen LogP contribution is -2.29. The Bertz CT molecular complexity index is 1130. The highest BCUT2D eigenvalue weighted by Crippen LogP contribution is 2.62. The zero-order valence-corrected chi connectivity index (χ0v) is 19.4. The highest BCUT2D eigenvalue weighted by atomic mass is 19.2. The van der Waals surface area contributed by atoms with E-state index < -0.39 is 11.6 Å². The maximum atomic E-state index is 14.4. The summed E-state index contributed by atoms with van der Waals surface area (Å²) in [5.41, 5.74) is 11.4. The molecule has 4 nitrogen and oxygen atoms in total. The maximum absolute atomic E-state index is 14.4. The van der Waals surface area contributed by atoms with Crippen LogP contribution in [0.2, 0.25) is 0 Å². The van der Waals surface area contributed by atoms with Crippen LogP contribution < -0.4 is 15.8 Å². The third-order valence-corrected chi connectivity index (χ3v) is 6.71. The summed E-state index contributed by atoms with van der Waals surface area (Å²) in [4.78, 5) is 0. The lowest BCUT2D eigenvalue weighted by atomic mass is 9.78. The van der Waals surface area contributed by atoms with E-state index in [4.69, 9.17) is 15.9 Å². The second kappa shape index (κ2) is 9.00. The Hall–Kier alpha value is -3.15. The van der Waals surface area contributed by atoms with E-state index in [-0.39, 0.29) is 17.1 Å². The van der Waals surface area contributed by atoms with Crippen LogP contribution in [0.3, 0.4) is 0 Å². The van der Waals surface area contributed by atoms with Gasteiger partial charge in [-0.2, -0.15) is 4.39 Å². The van der Waals surface area contributed by atoms with E-state index in [0.717, 1.165) is 47.3 Å². The summed E-state index contributed by atoms with van der Waals surface area (Å²) in [6.45, 7) is 6.04. The fourth-order valence-electron chi connectivity index (χ4n) is 4.89. The van der Waals surface area contributed by atoms with Gasteiger partial charge in [-0.15, -0.1) is 0 Å². The second-order valence-corrected chi connectivity index (χ2v) is 9.21. The number of allylic oxidation sites excluding steroid dienone is 4. The molecule has 0 bridgehead atoms. The maximum Gasteiger partial charge on any atom is 0.200 e. The molecule has 1 aliphatic heterocycles. The molecule has 0 aromatic heterocycles. The molecule has 1 aliphatic carbocycles. The molecule has 2 aliphatic rings. The van der Waals surface area contributed by atoms with Crippen LogP contribution in [-0.2, 0) is 0 Å². The van der Waals surface area contributed by atoms with Crippen molar-refractivity contribution in [3.63, 3.8) is 0 Å². The average molecular weight is 452 g/mol. The summed E-state index contributed by atoms with van der Waals surface area (Å²) in [6.07, 6.45) is 5.76. The summed E-state index contributed by atoms with van der Waals surface area (Å²) in [5.74, 6) is -1.63. The molecule has 1 atom stereocenters. The second-order valence-electron chi connectivity index (χ2n) is 9.21. The van der Waals surface area contributed by atoms with E-state index in [9.17, 15) is 8.78 Å². The van der Waals surface area contributed by atoms with Gasteiger partial charge in [0.1, 0.15) is 0 Å². The third-order valence-electron chi connectivity index (χ3n) is 6.71. The summed E-state index contributed by atoms with van der Waals surface area (Å²) >= 11 is 0. The number of hydrogen-bond donors (Lipinski definition) is 3. The first-order valence-corrected chi connectivity index (χ1v) is 11.4. The molecule has 2 aromatic rings. The van der Waals surface area contributed by atoms with E-state index >= 15 is 0 Å². The molecule has 0 saturated heterocycles. The number of anilines is 1. The molecular weight excluding hydrogens is 420 g/mol. The molecule has 1 saturated carbocycles. The number of benzene rings is 2. The molecule has 1 spiro atoms. The van der Waals surface area contributed by atoms with Gasteiger partial charge in [0.25, 0.3) is 0 Å². The van der Waals surface area contributed by atoms with Crippen LogP contribution in [0.1, 0.15) is 63.5 Å². The lowest BCUT2D eigenvalue weighted by molar-refractivity contribution is 0.165. The van der Waals surface area contributed by atoms with Crippen LogP contribution in [0.25, 0.3) is 5.57 Å². The van der Waals surface area contributed by atoms with Crippen molar-refractivity contribution < 1.29 is 13.5 Å². The van der Waals surface area contributed by atoms with Gasteiger partial charge in [-0.25, -0.2) is 4.39 Å². The van der Waals surface area contributed by atoms with E-state index in [1.54, 1.807) is 19.9 Å². The van der Waals surface area contributed by atoms with E-state index in [2.05, 4.69) is 18.3 Å². The molecular formula is C27H31F2N3O. The van der Waals surface area contributed by atoms with Crippen molar-refractivity contribution in [1.29, 1.82) is 5.41 Å². The van der Waals surface area contributed by atoms with E-state index in [0.29, 0.717) is 24.4 Å². The Labute approximate surface area is 194 Å². The smallest absolute Gasteiger partial charge is 0.200 e. The zero-order valence-electron chi connectivity index (χ0n) is 19.4. The van der Waals surface area contributed by atoms with E-state index in [1.165, 1.54) is 6.07 Å². The number of rotatable bonds is 7. The zero-order chi connectivity index (χ0) is 23.8. The summed E-state index contributed by atoms with van der Waals surface area (Å²) in [7, 11) is 0. The minimum absolute atomic E-state index is 0.00449. The standard InChI is InChI=1S/C27H31F2N3O/c1-4-5-20(32-19-8-6-18(7-9-19)24(16(2)30)17(3)31)14-22-21-10-11-23(28)25(29)26(21)33-15-27(22)12-13-27/h5-11,22,30,32H,4,12-15,31H2,1-3H3/b20-5+,24-17+,30-16?. The number of nitrogens with two attached hydrogens (primary N) is 1. The normalized spacial score (nSPS) is 19.4. The number of ether oxygens (including phenoxy) is 1. The number of hydrogen-bond acceptors (Lipinski definition) is 4. The third kappa shape index (κ3) is 4.52. The minimum atomic E-state index is -0.891. The van der Waals surface area contributed by atoms with Gasteiger partial charge in [-0.05, 0) is 63.3 Å². The van der Waals surface area contributed by atoms with Crippen molar-refractivity contribution in [1.82, 2.24) is 0 Å². The van der Waals surface area contributed by atoms with E-state index in [1.807, 2.05) is 24.3 Å². The molecule has 6 heteroatoms. The highest BCUT2D eigenvalue weighted by molar-refractivity contribution is 6.21. The Morgan fingerprint density at radius 3 is 2.45 bits per heavy atom. The first kappa shape index (κ1) is 23.0. The van der Waals surface area contributed by atoms with Crippen molar-refractivity contribution in [3.8, 4) is 5.75 Å². The van der Waals surface area contributed by atoms with Crippen LogP contribution in [0.15, 0.2) is 53.9 Å². The quantitative estimate of drug-likeness (QED) is 0.408. The topological polar surface area (TPSA) is 71.1 Å². The van der Waals surface area contributed by atoms with Crippen LogP contribution >= 0.6 is 0 Å². The minimum Gasteiger partial charge on any atom is -0.489 e. The molecule has 1 heterocycles. The largest absolute Gasteiger partial charge is 0.489 e. The van der Waals surface area contributed by atoms with Gasteiger partial charge in [0.15, 0.2) is 11.6 Å². The fraction of sp³-hybridized carbons (Fsp3) is 0.370. The molecule has 174 valence electrons. The van der Waals surface area contributed by atoms with Gasteiger partial charge in [0, 0.05) is 45.3 Å². The summed E-state index contributed by atoms with van der Waals surface area (Å²) in [5, 5.41) is 11.5. The van der Waals surface area contributed by atoms with Crippen LogP contribution in [0.5, 0.6) is 5.75 Å². The highest BCUT2D eigenvalue weighted by Gasteiger charge is 2.54. The van der Waals surface area contributed by atoms with Crippen molar-refractivity contribution in [2.45, 2.75) is 52.4 Å².